The summed E-state index contributed by atoms with van der Waals surface area (Å²) in [6.45, 7) is -0.410. The van der Waals surface area contributed by atoms with Crippen molar-refractivity contribution in [2.75, 3.05) is 6.61 Å². The maximum atomic E-state index is 11.6. The van der Waals surface area contributed by atoms with Crippen molar-refractivity contribution >= 4 is 16.0 Å². The lowest BCUT2D eigenvalue weighted by molar-refractivity contribution is -0.139. The van der Waals surface area contributed by atoms with Crippen molar-refractivity contribution in [3.8, 4) is 0 Å². The fraction of sp³-hybridized carbons (Fsp3) is 0.375. The Kier molecular flexibility index (Phi) is 4.05. The van der Waals surface area contributed by atoms with Crippen LogP contribution in [0.5, 0.6) is 0 Å². The van der Waals surface area contributed by atoms with E-state index in [4.69, 9.17) is 10.2 Å². The number of hydrogen-bond donors (Lipinski definition) is 4. The van der Waals surface area contributed by atoms with E-state index < -0.39 is 28.6 Å². The summed E-state index contributed by atoms with van der Waals surface area (Å²) in [4.78, 5) is 13.2. The first-order chi connectivity index (χ1) is 7.47. The van der Waals surface area contributed by atoms with Gasteiger partial charge in [-0.1, -0.05) is 0 Å². The van der Waals surface area contributed by atoms with Crippen LogP contribution < -0.4 is 4.72 Å². The molecule has 0 aromatic carbocycles. The third-order valence-corrected chi connectivity index (χ3v) is 3.36. The molecule has 4 N–H and O–H groups in total. The van der Waals surface area contributed by atoms with Crippen molar-refractivity contribution in [2.45, 2.75) is 17.4 Å². The van der Waals surface area contributed by atoms with E-state index in [1.165, 1.54) is 18.5 Å². The normalized spacial score (nSPS) is 13.6. The van der Waals surface area contributed by atoms with E-state index in [1.807, 2.05) is 4.72 Å². The zero-order chi connectivity index (χ0) is 12.2. The van der Waals surface area contributed by atoms with E-state index in [1.54, 1.807) is 0 Å². The molecule has 7 nitrogen and oxygen atoms in total. The Labute approximate surface area is 92.2 Å². The Hall–Kier alpha value is -1.38. The molecule has 1 heterocycles. The fourth-order valence-corrected chi connectivity index (χ4v) is 2.29. The lowest BCUT2D eigenvalue weighted by Gasteiger charge is -2.12. The number of carbonyl (C=O) groups is 1. The minimum absolute atomic E-state index is 0.0447. The van der Waals surface area contributed by atoms with E-state index in [0.717, 1.165) is 0 Å². The number of aliphatic carboxylic acids is 1. The second-order valence-corrected chi connectivity index (χ2v) is 4.79. The van der Waals surface area contributed by atoms with Crippen LogP contribution in [0.4, 0.5) is 0 Å². The number of sulfonamides is 1. The summed E-state index contributed by atoms with van der Waals surface area (Å²) in [5.74, 6) is -1.33. The molecule has 0 radical (unpaired) electrons. The summed E-state index contributed by atoms with van der Waals surface area (Å²) in [6.07, 6.45) is 2.47. The van der Waals surface area contributed by atoms with Gasteiger partial charge in [0.25, 0.3) is 0 Å². The average molecular weight is 248 g/mol. The average Bonchev–Trinajstić information content (AvgIpc) is 2.69. The van der Waals surface area contributed by atoms with Crippen molar-refractivity contribution in [1.29, 1.82) is 0 Å². The highest BCUT2D eigenvalue weighted by Gasteiger charge is 2.24. The van der Waals surface area contributed by atoms with Gasteiger partial charge in [0.15, 0.2) is 0 Å². The largest absolute Gasteiger partial charge is 0.480 e. The van der Waals surface area contributed by atoms with Crippen LogP contribution in [0.15, 0.2) is 23.4 Å². The second kappa shape index (κ2) is 5.10. The van der Waals surface area contributed by atoms with Crippen LogP contribution in [0.2, 0.25) is 0 Å². The van der Waals surface area contributed by atoms with Crippen molar-refractivity contribution in [2.24, 2.45) is 0 Å². The minimum atomic E-state index is -3.86. The molecule has 1 rings (SSSR count). The molecule has 0 bridgehead atoms. The van der Waals surface area contributed by atoms with Crippen LogP contribution in [0, 0.1) is 0 Å². The third kappa shape index (κ3) is 3.05. The van der Waals surface area contributed by atoms with Crippen molar-refractivity contribution in [1.82, 2.24) is 9.71 Å². The van der Waals surface area contributed by atoms with Gasteiger partial charge in [0.1, 0.15) is 6.04 Å². The Morgan fingerprint density at radius 1 is 1.56 bits per heavy atom. The fourth-order valence-electron chi connectivity index (χ4n) is 1.09. The minimum Gasteiger partial charge on any atom is -0.480 e. The first kappa shape index (κ1) is 12.7. The van der Waals surface area contributed by atoms with Crippen LogP contribution >= 0.6 is 0 Å². The first-order valence-electron chi connectivity index (χ1n) is 4.46. The topological polar surface area (TPSA) is 119 Å². The molecule has 0 aliphatic carbocycles. The van der Waals surface area contributed by atoms with Crippen molar-refractivity contribution < 1.29 is 23.4 Å². The maximum Gasteiger partial charge on any atom is 0.321 e. The molecule has 0 fully saturated rings. The van der Waals surface area contributed by atoms with Crippen molar-refractivity contribution in [3.05, 3.63) is 18.5 Å². The highest BCUT2D eigenvalue weighted by atomic mass is 32.2. The molecular weight excluding hydrogens is 236 g/mol. The number of aromatic amines is 1. The molecule has 1 unspecified atom stereocenters. The van der Waals surface area contributed by atoms with E-state index in [0.29, 0.717) is 0 Å². The summed E-state index contributed by atoms with van der Waals surface area (Å²) < 4.78 is 25.2. The summed E-state index contributed by atoms with van der Waals surface area (Å²) >= 11 is 0. The number of aliphatic hydroxyl groups excluding tert-OH is 1. The molecule has 16 heavy (non-hydrogen) atoms. The van der Waals surface area contributed by atoms with E-state index in [-0.39, 0.29) is 11.3 Å². The molecule has 0 saturated carbocycles. The van der Waals surface area contributed by atoms with Crippen LogP contribution in [-0.2, 0) is 14.8 Å². The molecular formula is C8H12N2O5S. The van der Waals surface area contributed by atoms with Crippen LogP contribution in [0.1, 0.15) is 6.42 Å². The Bertz CT molecular complexity index is 439. The number of H-pyrrole nitrogens is 1. The summed E-state index contributed by atoms with van der Waals surface area (Å²) in [5.41, 5.74) is 0. The zero-order valence-electron chi connectivity index (χ0n) is 8.25. The van der Waals surface area contributed by atoms with Crippen LogP contribution in [0.25, 0.3) is 0 Å². The number of carboxylic acids is 1. The second-order valence-electron chi connectivity index (χ2n) is 3.07. The number of aliphatic hydroxyl groups is 1. The molecule has 1 atom stereocenters. The van der Waals surface area contributed by atoms with Crippen LogP contribution in [0.3, 0.4) is 0 Å². The lowest BCUT2D eigenvalue weighted by Crippen LogP contribution is -2.41. The van der Waals surface area contributed by atoms with Crippen molar-refractivity contribution in [3.63, 3.8) is 0 Å². The van der Waals surface area contributed by atoms with E-state index >= 15 is 0 Å². The standard InChI is InChI=1S/C8H12N2O5S/c11-4-2-7(8(12)13)10-16(14,15)6-1-3-9-5-6/h1,3,5,7,9-11H,2,4H2,(H,12,13). The molecule has 1 aromatic heterocycles. The summed E-state index contributed by atoms with van der Waals surface area (Å²) in [6, 6.07) is -0.0231. The Balaban J connectivity index is 2.82. The number of nitrogens with one attached hydrogen (secondary N) is 2. The monoisotopic (exact) mass is 248 g/mol. The molecule has 0 aliphatic heterocycles. The van der Waals surface area contributed by atoms with Gasteiger partial charge in [0, 0.05) is 19.0 Å². The van der Waals surface area contributed by atoms with Gasteiger partial charge in [0.2, 0.25) is 10.0 Å². The van der Waals surface area contributed by atoms with Gasteiger partial charge in [0.05, 0.1) is 4.90 Å². The summed E-state index contributed by atoms with van der Waals surface area (Å²) in [5, 5.41) is 17.3. The summed E-state index contributed by atoms with van der Waals surface area (Å²) in [7, 11) is -3.86. The molecule has 0 aliphatic rings. The number of carboxylic acid groups (broad SMARTS) is 1. The molecule has 0 spiro atoms. The molecule has 1 aromatic rings. The number of hydrogen-bond acceptors (Lipinski definition) is 4. The first-order valence-corrected chi connectivity index (χ1v) is 5.94. The third-order valence-electron chi connectivity index (χ3n) is 1.89. The lowest BCUT2D eigenvalue weighted by atomic mass is 10.2. The zero-order valence-corrected chi connectivity index (χ0v) is 9.07. The Morgan fingerprint density at radius 3 is 2.69 bits per heavy atom. The molecule has 90 valence electrons. The maximum absolute atomic E-state index is 11.6. The molecule has 8 heteroatoms. The van der Waals surface area contributed by atoms with Gasteiger partial charge in [-0.15, -0.1) is 0 Å². The van der Waals surface area contributed by atoms with Gasteiger partial charge in [-0.05, 0) is 12.5 Å². The van der Waals surface area contributed by atoms with Gasteiger partial charge < -0.3 is 15.2 Å². The van der Waals surface area contributed by atoms with E-state index in [2.05, 4.69) is 4.98 Å². The van der Waals surface area contributed by atoms with Gasteiger partial charge >= 0.3 is 5.97 Å². The SMILES string of the molecule is O=C(O)C(CCO)NS(=O)(=O)c1cc[nH]c1. The predicted molar refractivity (Wildman–Crippen MR) is 54.2 cm³/mol. The van der Waals surface area contributed by atoms with Gasteiger partial charge in [-0.3, -0.25) is 4.79 Å². The highest BCUT2D eigenvalue weighted by Crippen LogP contribution is 2.08. The molecule has 0 saturated heterocycles. The highest BCUT2D eigenvalue weighted by molar-refractivity contribution is 7.89. The van der Waals surface area contributed by atoms with Gasteiger partial charge in [-0.25, -0.2) is 8.42 Å². The van der Waals surface area contributed by atoms with Crippen LogP contribution in [-0.4, -0.2) is 42.2 Å². The Morgan fingerprint density at radius 2 is 2.25 bits per heavy atom. The molecule has 0 amide bonds. The number of aromatic nitrogens is 1. The van der Waals surface area contributed by atoms with E-state index in [9.17, 15) is 13.2 Å². The smallest absolute Gasteiger partial charge is 0.321 e. The number of rotatable bonds is 6. The quantitative estimate of drug-likeness (QED) is 0.521. The predicted octanol–water partition coefficient (Wildman–Crippen LogP) is -0.871. The van der Waals surface area contributed by atoms with Gasteiger partial charge in [-0.2, -0.15) is 4.72 Å².